The summed E-state index contributed by atoms with van der Waals surface area (Å²) in [6.45, 7) is 2.75. The topological polar surface area (TPSA) is 50.9 Å². The van der Waals surface area contributed by atoms with E-state index >= 15 is 0 Å². The highest BCUT2D eigenvalue weighted by Gasteiger charge is 2.05. The van der Waals surface area contributed by atoms with Gasteiger partial charge in [-0.25, -0.2) is 0 Å². The average molecular weight is 257 g/mol. The molecule has 3 N–H and O–H groups in total. The second kappa shape index (κ2) is 5.60. The summed E-state index contributed by atoms with van der Waals surface area (Å²) in [6, 6.07) is 9.99. The summed E-state index contributed by atoms with van der Waals surface area (Å²) < 4.78 is 0. The quantitative estimate of drug-likeness (QED) is 0.827. The lowest BCUT2D eigenvalue weighted by molar-refractivity contribution is 1.12. The van der Waals surface area contributed by atoms with Crippen molar-refractivity contribution < 1.29 is 0 Å². The summed E-state index contributed by atoms with van der Waals surface area (Å²) in [7, 11) is 0. The van der Waals surface area contributed by atoms with E-state index in [-0.39, 0.29) is 0 Å². The zero-order valence-electron chi connectivity index (χ0n) is 10.2. The summed E-state index contributed by atoms with van der Waals surface area (Å²) in [4.78, 5) is 4.40. The van der Waals surface area contributed by atoms with Crippen LogP contribution in [0.25, 0.3) is 0 Å². The van der Waals surface area contributed by atoms with Crippen molar-refractivity contribution in [2.75, 3.05) is 5.32 Å². The van der Waals surface area contributed by atoms with Gasteiger partial charge in [-0.1, -0.05) is 23.8 Å². The largest absolute Gasteiger partial charge is 0.389 e. The molecule has 3 nitrogen and oxygen atoms in total. The Labute approximate surface area is 112 Å². The lowest BCUT2D eigenvalue weighted by Gasteiger charge is -2.12. The van der Waals surface area contributed by atoms with E-state index in [1.807, 2.05) is 37.3 Å². The molecule has 0 aliphatic rings. The van der Waals surface area contributed by atoms with Crippen molar-refractivity contribution in [3.8, 4) is 0 Å². The van der Waals surface area contributed by atoms with Gasteiger partial charge in [-0.05, 0) is 36.8 Å². The number of rotatable bonds is 4. The zero-order chi connectivity index (χ0) is 13.0. The van der Waals surface area contributed by atoms with Gasteiger partial charge < -0.3 is 11.1 Å². The summed E-state index contributed by atoms with van der Waals surface area (Å²) in [6.07, 6.45) is 3.56. The Hall–Kier alpha value is -1.94. The molecule has 0 saturated carbocycles. The summed E-state index contributed by atoms with van der Waals surface area (Å²) in [5.41, 5.74) is 9.90. The maximum atomic E-state index is 5.73. The summed E-state index contributed by atoms with van der Waals surface area (Å²) in [5, 5.41) is 3.34. The molecule has 2 rings (SSSR count). The predicted molar refractivity (Wildman–Crippen MR) is 78.6 cm³/mol. The number of aromatic nitrogens is 1. The second-order valence-electron chi connectivity index (χ2n) is 4.12. The summed E-state index contributed by atoms with van der Waals surface area (Å²) in [5.74, 6) is 0. The van der Waals surface area contributed by atoms with E-state index in [9.17, 15) is 0 Å². The van der Waals surface area contributed by atoms with Gasteiger partial charge in [-0.3, -0.25) is 4.98 Å². The van der Waals surface area contributed by atoms with Crippen molar-refractivity contribution in [2.24, 2.45) is 5.73 Å². The minimum absolute atomic E-state index is 0.413. The molecule has 2 aromatic rings. The van der Waals surface area contributed by atoms with Crippen molar-refractivity contribution in [1.29, 1.82) is 0 Å². The first kappa shape index (κ1) is 12.5. The molecule has 0 spiro atoms. The fourth-order valence-corrected chi connectivity index (χ4v) is 1.88. The Bertz CT molecular complexity index is 552. The van der Waals surface area contributed by atoms with E-state index in [4.69, 9.17) is 18.0 Å². The van der Waals surface area contributed by atoms with Crippen LogP contribution in [0.3, 0.4) is 0 Å². The van der Waals surface area contributed by atoms with E-state index < -0.39 is 0 Å². The number of aryl methyl sites for hydroxylation is 1. The Balaban J connectivity index is 2.17. The Kier molecular flexibility index (Phi) is 3.89. The highest BCUT2D eigenvalue weighted by molar-refractivity contribution is 7.80. The molecule has 0 radical (unpaired) electrons. The molecule has 1 aromatic heterocycles. The van der Waals surface area contributed by atoms with Gasteiger partial charge in [0.15, 0.2) is 0 Å². The van der Waals surface area contributed by atoms with E-state index in [1.165, 1.54) is 5.56 Å². The third-order valence-electron chi connectivity index (χ3n) is 2.67. The Morgan fingerprint density at radius 2 is 2.00 bits per heavy atom. The van der Waals surface area contributed by atoms with Crippen LogP contribution in [0, 0.1) is 6.92 Å². The molecular weight excluding hydrogens is 242 g/mol. The highest BCUT2D eigenvalue weighted by atomic mass is 32.1. The van der Waals surface area contributed by atoms with Gasteiger partial charge in [0.1, 0.15) is 4.99 Å². The number of nitrogens with one attached hydrogen (secondary N) is 1. The number of nitrogens with zero attached hydrogens (tertiary/aromatic N) is 1. The van der Waals surface area contributed by atoms with Crippen LogP contribution < -0.4 is 11.1 Å². The molecule has 18 heavy (non-hydrogen) atoms. The fourth-order valence-electron chi connectivity index (χ4n) is 1.71. The predicted octanol–water partition coefficient (Wildman–Crippen LogP) is 2.64. The lowest BCUT2D eigenvalue weighted by Crippen LogP contribution is -2.13. The molecule has 0 unspecified atom stereocenters. The molecule has 1 aromatic carbocycles. The number of anilines is 1. The molecule has 0 saturated heterocycles. The van der Waals surface area contributed by atoms with Gasteiger partial charge in [0, 0.05) is 30.2 Å². The summed E-state index contributed by atoms with van der Waals surface area (Å²) >= 11 is 5.07. The van der Waals surface area contributed by atoms with E-state index in [1.54, 1.807) is 12.4 Å². The number of nitrogens with two attached hydrogens (primary N) is 1. The van der Waals surface area contributed by atoms with Crippen LogP contribution in [0.4, 0.5) is 5.69 Å². The number of hydrogen-bond donors (Lipinski definition) is 2. The van der Waals surface area contributed by atoms with Crippen LogP contribution in [-0.4, -0.2) is 9.97 Å². The normalized spacial score (nSPS) is 10.1. The number of thiocarbonyl (C=S) groups is 1. The Morgan fingerprint density at radius 3 is 2.67 bits per heavy atom. The van der Waals surface area contributed by atoms with Crippen molar-refractivity contribution in [1.82, 2.24) is 4.98 Å². The van der Waals surface area contributed by atoms with Crippen LogP contribution in [0.15, 0.2) is 42.7 Å². The van der Waals surface area contributed by atoms with Gasteiger partial charge in [-0.15, -0.1) is 0 Å². The first-order valence-corrected chi connectivity index (χ1v) is 6.11. The van der Waals surface area contributed by atoms with E-state index in [0.29, 0.717) is 4.99 Å². The molecular formula is C14H15N3S. The molecule has 0 fully saturated rings. The molecule has 0 atom stereocenters. The first-order chi connectivity index (χ1) is 8.66. The van der Waals surface area contributed by atoms with Gasteiger partial charge >= 0.3 is 0 Å². The van der Waals surface area contributed by atoms with Gasteiger partial charge in [-0.2, -0.15) is 0 Å². The average Bonchev–Trinajstić information content (AvgIpc) is 2.38. The van der Waals surface area contributed by atoms with Crippen LogP contribution in [-0.2, 0) is 6.54 Å². The second-order valence-corrected chi connectivity index (χ2v) is 4.56. The molecule has 0 bridgehead atoms. The number of hydrogen-bond acceptors (Lipinski definition) is 3. The van der Waals surface area contributed by atoms with Crippen LogP contribution in [0.5, 0.6) is 0 Å². The van der Waals surface area contributed by atoms with Gasteiger partial charge in [0.25, 0.3) is 0 Å². The smallest absolute Gasteiger partial charge is 0.106 e. The minimum atomic E-state index is 0.413. The third-order valence-corrected chi connectivity index (χ3v) is 2.89. The van der Waals surface area contributed by atoms with Crippen molar-refractivity contribution in [3.63, 3.8) is 0 Å². The van der Waals surface area contributed by atoms with Crippen molar-refractivity contribution in [3.05, 3.63) is 59.4 Å². The van der Waals surface area contributed by atoms with Gasteiger partial charge in [0.2, 0.25) is 0 Å². The molecule has 4 heteroatoms. The molecule has 0 aliphatic carbocycles. The maximum absolute atomic E-state index is 5.73. The minimum Gasteiger partial charge on any atom is -0.389 e. The SMILES string of the molecule is Cc1ccc(NCc2ccncc2)c(C(N)=S)c1. The molecule has 0 aliphatic heterocycles. The van der Waals surface area contributed by atoms with Crippen molar-refractivity contribution in [2.45, 2.75) is 13.5 Å². The zero-order valence-corrected chi connectivity index (χ0v) is 11.0. The Morgan fingerprint density at radius 1 is 1.28 bits per heavy atom. The molecule has 0 amide bonds. The first-order valence-electron chi connectivity index (χ1n) is 5.70. The van der Waals surface area contributed by atoms with E-state index in [0.717, 1.165) is 23.4 Å². The van der Waals surface area contributed by atoms with Crippen LogP contribution in [0.2, 0.25) is 0 Å². The molecule has 1 heterocycles. The number of benzene rings is 1. The number of pyridine rings is 1. The fraction of sp³-hybridized carbons (Fsp3) is 0.143. The monoisotopic (exact) mass is 257 g/mol. The third kappa shape index (κ3) is 3.05. The standard InChI is InChI=1S/C14H15N3S/c1-10-2-3-13(12(8-10)14(15)18)17-9-11-4-6-16-7-5-11/h2-8,17H,9H2,1H3,(H2,15,18). The lowest BCUT2D eigenvalue weighted by atomic mass is 10.1. The maximum Gasteiger partial charge on any atom is 0.106 e. The van der Waals surface area contributed by atoms with E-state index in [2.05, 4.69) is 10.3 Å². The van der Waals surface area contributed by atoms with Gasteiger partial charge in [0.05, 0.1) is 0 Å². The van der Waals surface area contributed by atoms with Crippen molar-refractivity contribution >= 4 is 22.9 Å². The van der Waals surface area contributed by atoms with Crippen LogP contribution in [0.1, 0.15) is 16.7 Å². The van der Waals surface area contributed by atoms with Crippen LogP contribution >= 0.6 is 12.2 Å². The molecule has 92 valence electrons. The highest BCUT2D eigenvalue weighted by Crippen LogP contribution is 2.18.